The Bertz CT molecular complexity index is 701. The van der Waals surface area contributed by atoms with Crippen LogP contribution in [0.15, 0.2) is 53.0 Å². The first kappa shape index (κ1) is 12.2. The minimum absolute atomic E-state index is 0.881. The Morgan fingerprint density at radius 1 is 1.11 bits per heavy atom. The standard InChI is InChI=1S/C15H14BrN3/c1-2-19-14-6-4-3-5-13(14)18-15(19)17-12-9-7-11(16)8-10-12/h3-10H,2H2,1H3,(H,17,18). The van der Waals surface area contributed by atoms with Crippen molar-refractivity contribution >= 4 is 38.6 Å². The van der Waals surface area contributed by atoms with Gasteiger partial charge in [0.05, 0.1) is 11.0 Å². The fourth-order valence-electron chi connectivity index (χ4n) is 2.15. The van der Waals surface area contributed by atoms with Crippen molar-refractivity contribution in [1.29, 1.82) is 0 Å². The third-order valence-electron chi connectivity index (χ3n) is 3.07. The lowest BCUT2D eigenvalue weighted by Crippen LogP contribution is -2.01. The minimum Gasteiger partial charge on any atom is -0.326 e. The number of rotatable bonds is 3. The van der Waals surface area contributed by atoms with Gasteiger partial charge < -0.3 is 9.88 Å². The number of anilines is 2. The zero-order valence-corrected chi connectivity index (χ0v) is 12.2. The maximum atomic E-state index is 4.64. The molecule has 3 aromatic rings. The van der Waals surface area contributed by atoms with E-state index in [1.165, 1.54) is 0 Å². The van der Waals surface area contributed by atoms with Gasteiger partial charge in [0.1, 0.15) is 0 Å². The molecule has 96 valence electrons. The number of imidazole rings is 1. The molecule has 0 atom stereocenters. The Hall–Kier alpha value is -1.81. The molecular weight excluding hydrogens is 302 g/mol. The molecule has 0 aliphatic carbocycles. The van der Waals surface area contributed by atoms with Crippen LogP contribution in [0.1, 0.15) is 6.92 Å². The summed E-state index contributed by atoms with van der Waals surface area (Å²) in [5.74, 6) is 0.881. The van der Waals surface area contributed by atoms with Crippen molar-refractivity contribution in [3.8, 4) is 0 Å². The molecule has 4 heteroatoms. The lowest BCUT2D eigenvalue weighted by atomic mass is 10.3. The van der Waals surface area contributed by atoms with E-state index in [9.17, 15) is 0 Å². The highest BCUT2D eigenvalue weighted by atomic mass is 79.9. The summed E-state index contributed by atoms with van der Waals surface area (Å²) in [7, 11) is 0. The van der Waals surface area contributed by atoms with Gasteiger partial charge in [-0.05, 0) is 43.3 Å². The Morgan fingerprint density at radius 3 is 2.58 bits per heavy atom. The van der Waals surface area contributed by atoms with E-state index in [1.807, 2.05) is 42.5 Å². The molecule has 0 fully saturated rings. The first-order valence-electron chi connectivity index (χ1n) is 6.26. The van der Waals surface area contributed by atoms with Gasteiger partial charge in [0, 0.05) is 16.7 Å². The van der Waals surface area contributed by atoms with Crippen molar-refractivity contribution in [3.05, 3.63) is 53.0 Å². The number of aromatic nitrogens is 2. The van der Waals surface area contributed by atoms with Gasteiger partial charge in [-0.15, -0.1) is 0 Å². The summed E-state index contributed by atoms with van der Waals surface area (Å²) in [6.07, 6.45) is 0. The number of halogens is 1. The molecule has 2 aromatic carbocycles. The summed E-state index contributed by atoms with van der Waals surface area (Å²) in [6.45, 7) is 3.01. The van der Waals surface area contributed by atoms with E-state index in [2.05, 4.69) is 43.8 Å². The highest BCUT2D eigenvalue weighted by Gasteiger charge is 2.08. The molecule has 1 heterocycles. The molecule has 0 saturated heterocycles. The number of hydrogen-bond acceptors (Lipinski definition) is 2. The van der Waals surface area contributed by atoms with Gasteiger partial charge in [0.15, 0.2) is 0 Å². The van der Waals surface area contributed by atoms with Gasteiger partial charge in [0.25, 0.3) is 0 Å². The van der Waals surface area contributed by atoms with E-state index in [4.69, 9.17) is 0 Å². The monoisotopic (exact) mass is 315 g/mol. The number of nitrogens with one attached hydrogen (secondary N) is 1. The molecule has 3 nitrogen and oxygen atoms in total. The predicted octanol–water partition coefficient (Wildman–Crippen LogP) is 4.56. The average Bonchev–Trinajstić information content (AvgIpc) is 2.78. The first-order valence-corrected chi connectivity index (χ1v) is 7.05. The third-order valence-corrected chi connectivity index (χ3v) is 3.60. The van der Waals surface area contributed by atoms with Crippen molar-refractivity contribution in [2.75, 3.05) is 5.32 Å². The zero-order chi connectivity index (χ0) is 13.2. The topological polar surface area (TPSA) is 29.9 Å². The molecule has 0 bridgehead atoms. The highest BCUT2D eigenvalue weighted by Crippen LogP contribution is 2.23. The van der Waals surface area contributed by atoms with Crippen LogP contribution in [0.2, 0.25) is 0 Å². The summed E-state index contributed by atoms with van der Waals surface area (Å²) in [5.41, 5.74) is 3.21. The summed E-state index contributed by atoms with van der Waals surface area (Å²) in [6, 6.07) is 16.3. The molecule has 0 unspecified atom stereocenters. The van der Waals surface area contributed by atoms with Crippen LogP contribution in [-0.4, -0.2) is 9.55 Å². The number of para-hydroxylation sites is 2. The van der Waals surface area contributed by atoms with E-state index >= 15 is 0 Å². The van der Waals surface area contributed by atoms with Crippen molar-refractivity contribution in [2.24, 2.45) is 0 Å². The molecule has 0 amide bonds. The van der Waals surface area contributed by atoms with Crippen LogP contribution in [0, 0.1) is 0 Å². The Balaban J connectivity index is 2.02. The van der Waals surface area contributed by atoms with Crippen LogP contribution in [0.5, 0.6) is 0 Å². The van der Waals surface area contributed by atoms with E-state index in [1.54, 1.807) is 0 Å². The van der Waals surface area contributed by atoms with Crippen LogP contribution in [-0.2, 0) is 6.54 Å². The number of fused-ring (bicyclic) bond motifs is 1. The SMILES string of the molecule is CCn1c(Nc2ccc(Br)cc2)nc2ccccc21. The quantitative estimate of drug-likeness (QED) is 0.767. The summed E-state index contributed by atoms with van der Waals surface area (Å²) in [4.78, 5) is 4.64. The van der Waals surface area contributed by atoms with Gasteiger partial charge in [-0.3, -0.25) is 0 Å². The Morgan fingerprint density at radius 2 is 1.84 bits per heavy atom. The van der Waals surface area contributed by atoms with Gasteiger partial charge in [-0.1, -0.05) is 28.1 Å². The van der Waals surface area contributed by atoms with Crippen LogP contribution < -0.4 is 5.32 Å². The normalized spacial score (nSPS) is 10.8. The highest BCUT2D eigenvalue weighted by molar-refractivity contribution is 9.10. The Kier molecular flexibility index (Phi) is 3.25. The van der Waals surface area contributed by atoms with Crippen molar-refractivity contribution < 1.29 is 0 Å². The van der Waals surface area contributed by atoms with Gasteiger partial charge in [-0.2, -0.15) is 0 Å². The number of aryl methyl sites for hydroxylation is 1. The fraction of sp³-hybridized carbons (Fsp3) is 0.133. The third kappa shape index (κ3) is 2.36. The van der Waals surface area contributed by atoms with E-state index in [0.29, 0.717) is 0 Å². The van der Waals surface area contributed by atoms with Gasteiger partial charge >= 0.3 is 0 Å². The van der Waals surface area contributed by atoms with Gasteiger partial charge in [0.2, 0.25) is 5.95 Å². The second-order valence-electron chi connectivity index (χ2n) is 4.30. The minimum atomic E-state index is 0.881. The van der Waals surface area contributed by atoms with Gasteiger partial charge in [-0.25, -0.2) is 4.98 Å². The molecule has 1 N–H and O–H groups in total. The molecule has 0 radical (unpaired) electrons. The maximum absolute atomic E-state index is 4.64. The zero-order valence-electron chi connectivity index (χ0n) is 10.6. The molecule has 19 heavy (non-hydrogen) atoms. The smallest absolute Gasteiger partial charge is 0.208 e. The summed E-state index contributed by atoms with van der Waals surface area (Å²) < 4.78 is 3.25. The summed E-state index contributed by atoms with van der Waals surface area (Å²) >= 11 is 3.44. The average molecular weight is 316 g/mol. The molecule has 3 rings (SSSR count). The number of hydrogen-bond donors (Lipinski definition) is 1. The van der Waals surface area contributed by atoms with E-state index < -0.39 is 0 Å². The molecular formula is C15H14BrN3. The molecule has 0 saturated carbocycles. The van der Waals surface area contributed by atoms with E-state index in [-0.39, 0.29) is 0 Å². The fourth-order valence-corrected chi connectivity index (χ4v) is 2.42. The summed E-state index contributed by atoms with van der Waals surface area (Å²) in [5, 5.41) is 3.37. The second kappa shape index (κ2) is 5.05. The van der Waals surface area contributed by atoms with Crippen LogP contribution in [0.3, 0.4) is 0 Å². The lowest BCUT2D eigenvalue weighted by Gasteiger charge is -2.08. The van der Waals surface area contributed by atoms with Crippen molar-refractivity contribution in [2.45, 2.75) is 13.5 Å². The second-order valence-corrected chi connectivity index (χ2v) is 5.22. The molecule has 0 aliphatic heterocycles. The number of nitrogens with zero attached hydrogens (tertiary/aromatic N) is 2. The van der Waals surface area contributed by atoms with Crippen molar-refractivity contribution in [3.63, 3.8) is 0 Å². The first-order chi connectivity index (χ1) is 9.28. The van der Waals surface area contributed by atoms with Crippen LogP contribution >= 0.6 is 15.9 Å². The van der Waals surface area contributed by atoms with Crippen LogP contribution in [0.4, 0.5) is 11.6 Å². The van der Waals surface area contributed by atoms with E-state index in [0.717, 1.165) is 33.7 Å². The molecule has 0 aliphatic rings. The number of benzene rings is 2. The molecule has 1 aromatic heterocycles. The Labute approximate surface area is 120 Å². The van der Waals surface area contributed by atoms with Crippen molar-refractivity contribution in [1.82, 2.24) is 9.55 Å². The van der Waals surface area contributed by atoms with Crippen LogP contribution in [0.25, 0.3) is 11.0 Å². The lowest BCUT2D eigenvalue weighted by molar-refractivity contribution is 0.797. The molecule has 0 spiro atoms. The largest absolute Gasteiger partial charge is 0.326 e. The predicted molar refractivity (Wildman–Crippen MR) is 82.8 cm³/mol. The maximum Gasteiger partial charge on any atom is 0.208 e.